The van der Waals surface area contributed by atoms with Crippen LogP contribution in [0.5, 0.6) is 5.75 Å². The molecule has 6 heteroatoms. The molecule has 1 atom stereocenters. The zero-order valence-electron chi connectivity index (χ0n) is 15.6. The minimum absolute atomic E-state index is 0.198. The molecule has 6 nitrogen and oxygen atoms in total. The summed E-state index contributed by atoms with van der Waals surface area (Å²) < 4.78 is 5.45. The topological polar surface area (TPSA) is 71.9 Å². The van der Waals surface area contributed by atoms with E-state index in [0.717, 1.165) is 41.9 Å². The van der Waals surface area contributed by atoms with Gasteiger partial charge in [-0.05, 0) is 37.1 Å². The van der Waals surface area contributed by atoms with E-state index in [1.54, 1.807) is 6.08 Å². The van der Waals surface area contributed by atoms with Crippen LogP contribution in [0.1, 0.15) is 37.7 Å². The van der Waals surface area contributed by atoms with Gasteiger partial charge in [-0.1, -0.05) is 31.9 Å². The molecule has 3 N–H and O–H groups in total. The van der Waals surface area contributed by atoms with Crippen molar-refractivity contribution >= 4 is 11.9 Å². The third-order valence-electron chi connectivity index (χ3n) is 4.45. The van der Waals surface area contributed by atoms with Crippen molar-refractivity contribution in [2.45, 2.75) is 44.7 Å². The van der Waals surface area contributed by atoms with Gasteiger partial charge in [0.1, 0.15) is 18.9 Å². The number of rotatable bonds is 8. The van der Waals surface area contributed by atoms with E-state index in [1.165, 1.54) is 6.42 Å². The monoisotopic (exact) mass is 360 g/mol. The molecule has 0 bridgehead atoms. The second-order valence-electron chi connectivity index (χ2n) is 6.91. The number of hydrogen-bond donors (Lipinski definition) is 3. The van der Waals surface area contributed by atoms with Gasteiger partial charge in [-0.3, -0.25) is 10.1 Å². The van der Waals surface area contributed by atoms with Crippen molar-refractivity contribution < 1.29 is 19.2 Å². The predicted octanol–water partition coefficient (Wildman–Crippen LogP) is 1.42. The third-order valence-corrected chi connectivity index (χ3v) is 4.45. The number of carbonyl (C=O) groups is 2. The first-order valence-corrected chi connectivity index (χ1v) is 9.31. The van der Waals surface area contributed by atoms with Crippen molar-refractivity contribution in [2.75, 3.05) is 20.2 Å². The van der Waals surface area contributed by atoms with Crippen molar-refractivity contribution in [2.24, 2.45) is 0 Å². The number of benzene rings is 1. The van der Waals surface area contributed by atoms with Gasteiger partial charge in [0.15, 0.2) is 6.54 Å². The SMILES string of the molecule is C=CCOc1ccc(C[NH+](C)CC(=O)NC(=O)NC2CCCCC2)cc1. The fourth-order valence-electron chi connectivity index (χ4n) is 3.18. The lowest BCUT2D eigenvalue weighted by molar-refractivity contribution is -0.885. The molecule has 0 saturated heterocycles. The highest BCUT2D eigenvalue weighted by Crippen LogP contribution is 2.17. The Bertz CT molecular complexity index is 595. The number of amides is 3. The van der Waals surface area contributed by atoms with Crippen LogP contribution in [0.15, 0.2) is 36.9 Å². The van der Waals surface area contributed by atoms with Crippen LogP contribution in [-0.2, 0) is 11.3 Å². The van der Waals surface area contributed by atoms with Crippen LogP contribution in [0.3, 0.4) is 0 Å². The van der Waals surface area contributed by atoms with E-state index < -0.39 is 0 Å². The zero-order valence-corrected chi connectivity index (χ0v) is 15.6. The van der Waals surface area contributed by atoms with Crippen LogP contribution in [0.2, 0.25) is 0 Å². The molecule has 1 aliphatic rings. The van der Waals surface area contributed by atoms with Gasteiger partial charge >= 0.3 is 6.03 Å². The fraction of sp³-hybridized carbons (Fsp3) is 0.500. The molecule has 1 fully saturated rings. The quantitative estimate of drug-likeness (QED) is 0.614. The highest BCUT2D eigenvalue weighted by atomic mass is 16.5. The van der Waals surface area contributed by atoms with Gasteiger partial charge in [-0.2, -0.15) is 0 Å². The van der Waals surface area contributed by atoms with Crippen molar-refractivity contribution in [1.29, 1.82) is 0 Å². The molecule has 0 aliphatic heterocycles. The van der Waals surface area contributed by atoms with Crippen molar-refractivity contribution in [3.63, 3.8) is 0 Å². The molecule has 26 heavy (non-hydrogen) atoms. The number of carbonyl (C=O) groups excluding carboxylic acids is 2. The van der Waals surface area contributed by atoms with Gasteiger partial charge in [-0.25, -0.2) is 4.79 Å². The molecular weight excluding hydrogens is 330 g/mol. The fourth-order valence-corrected chi connectivity index (χ4v) is 3.18. The van der Waals surface area contributed by atoms with Crippen LogP contribution in [0.25, 0.3) is 0 Å². The third kappa shape index (κ3) is 7.27. The van der Waals surface area contributed by atoms with Crippen LogP contribution in [0.4, 0.5) is 4.79 Å². The molecule has 0 heterocycles. The Morgan fingerprint density at radius 3 is 2.58 bits per heavy atom. The summed E-state index contributed by atoms with van der Waals surface area (Å²) in [7, 11) is 1.93. The number of imide groups is 1. The Morgan fingerprint density at radius 2 is 1.92 bits per heavy atom. The van der Waals surface area contributed by atoms with E-state index >= 15 is 0 Å². The standard InChI is InChI=1S/C20H29N3O3/c1-3-13-26-18-11-9-16(10-12-18)14-23(2)15-19(24)22-20(25)21-17-7-5-4-6-8-17/h3,9-12,17H,1,4-8,13-15H2,2H3,(H2,21,22,24,25)/p+1. The molecule has 1 aliphatic carbocycles. The van der Waals surface area contributed by atoms with Gasteiger partial charge in [0.05, 0.1) is 7.05 Å². The molecule has 142 valence electrons. The lowest BCUT2D eigenvalue weighted by Crippen LogP contribution is -3.09. The molecule has 1 aromatic carbocycles. The summed E-state index contributed by atoms with van der Waals surface area (Å²) in [4.78, 5) is 25.0. The normalized spacial score (nSPS) is 15.7. The Kier molecular flexibility index (Phi) is 8.15. The first kappa shape index (κ1) is 20.0. The summed E-state index contributed by atoms with van der Waals surface area (Å²) in [6, 6.07) is 7.60. The highest BCUT2D eigenvalue weighted by Gasteiger charge is 2.18. The smallest absolute Gasteiger partial charge is 0.321 e. The molecule has 0 radical (unpaired) electrons. The maximum Gasteiger partial charge on any atom is 0.321 e. The van der Waals surface area contributed by atoms with Crippen LogP contribution < -0.4 is 20.3 Å². The Balaban J connectivity index is 1.70. The second kappa shape index (κ2) is 10.6. The van der Waals surface area contributed by atoms with Crippen molar-refractivity contribution in [3.8, 4) is 5.75 Å². The largest absolute Gasteiger partial charge is 0.490 e. The number of hydrogen-bond acceptors (Lipinski definition) is 3. The predicted molar refractivity (Wildman–Crippen MR) is 101 cm³/mol. The van der Waals surface area contributed by atoms with E-state index in [0.29, 0.717) is 13.2 Å². The average molecular weight is 360 g/mol. The molecule has 3 amide bonds. The molecular formula is C20H30N3O3+. The lowest BCUT2D eigenvalue weighted by atomic mass is 9.96. The number of ether oxygens (including phenoxy) is 1. The number of likely N-dealkylation sites (N-methyl/N-ethyl adjacent to an activating group) is 1. The van der Waals surface area contributed by atoms with E-state index in [4.69, 9.17) is 4.74 Å². The Hall–Kier alpha value is -2.34. The van der Waals surface area contributed by atoms with E-state index in [9.17, 15) is 9.59 Å². The Labute approximate surface area is 155 Å². The molecule has 0 aromatic heterocycles. The Morgan fingerprint density at radius 1 is 1.23 bits per heavy atom. The molecule has 2 rings (SSSR count). The minimum Gasteiger partial charge on any atom is -0.490 e. The molecule has 0 spiro atoms. The maximum absolute atomic E-state index is 12.0. The summed E-state index contributed by atoms with van der Waals surface area (Å²) in [6.07, 6.45) is 7.22. The van der Waals surface area contributed by atoms with Gasteiger partial charge in [0.25, 0.3) is 5.91 Å². The number of quaternary nitrogens is 1. The second-order valence-corrected chi connectivity index (χ2v) is 6.91. The number of nitrogens with one attached hydrogen (secondary N) is 3. The van der Waals surface area contributed by atoms with Crippen LogP contribution in [0, 0.1) is 0 Å². The molecule has 1 aromatic rings. The first-order valence-electron chi connectivity index (χ1n) is 9.31. The van der Waals surface area contributed by atoms with E-state index in [1.807, 2.05) is 31.3 Å². The van der Waals surface area contributed by atoms with Gasteiger partial charge in [0.2, 0.25) is 0 Å². The average Bonchev–Trinajstić information content (AvgIpc) is 2.61. The molecule has 1 saturated carbocycles. The minimum atomic E-state index is -0.376. The van der Waals surface area contributed by atoms with Gasteiger partial charge in [-0.15, -0.1) is 0 Å². The summed E-state index contributed by atoms with van der Waals surface area (Å²) in [6.45, 7) is 5.04. The van der Waals surface area contributed by atoms with Crippen molar-refractivity contribution in [1.82, 2.24) is 10.6 Å². The summed E-state index contributed by atoms with van der Waals surface area (Å²) >= 11 is 0. The lowest BCUT2D eigenvalue weighted by Gasteiger charge is -2.22. The first-order chi connectivity index (χ1) is 12.6. The summed E-state index contributed by atoms with van der Waals surface area (Å²) in [5.41, 5.74) is 1.10. The summed E-state index contributed by atoms with van der Waals surface area (Å²) in [5.74, 6) is 0.533. The number of urea groups is 1. The van der Waals surface area contributed by atoms with Gasteiger partial charge in [0, 0.05) is 11.6 Å². The van der Waals surface area contributed by atoms with E-state index in [-0.39, 0.29) is 24.5 Å². The maximum atomic E-state index is 12.0. The highest BCUT2D eigenvalue weighted by molar-refractivity contribution is 5.94. The van der Waals surface area contributed by atoms with Crippen LogP contribution in [-0.4, -0.2) is 38.2 Å². The van der Waals surface area contributed by atoms with Gasteiger partial charge < -0.3 is 15.0 Å². The summed E-state index contributed by atoms with van der Waals surface area (Å²) in [5, 5.41) is 5.33. The van der Waals surface area contributed by atoms with Crippen LogP contribution >= 0.6 is 0 Å². The molecule has 1 unspecified atom stereocenters. The van der Waals surface area contributed by atoms with E-state index in [2.05, 4.69) is 17.2 Å². The zero-order chi connectivity index (χ0) is 18.8. The van der Waals surface area contributed by atoms with Crippen molar-refractivity contribution in [3.05, 3.63) is 42.5 Å².